The van der Waals surface area contributed by atoms with Crippen molar-refractivity contribution in [3.63, 3.8) is 0 Å². The summed E-state index contributed by atoms with van der Waals surface area (Å²) in [6, 6.07) is 2.20. The molecule has 1 saturated carbocycles. The van der Waals surface area contributed by atoms with Crippen LogP contribution in [0.1, 0.15) is 52.7 Å². The molecule has 0 aromatic carbocycles. The van der Waals surface area contributed by atoms with E-state index < -0.39 is 0 Å². The van der Waals surface area contributed by atoms with Gasteiger partial charge in [-0.2, -0.15) is 0 Å². The molecule has 2 aromatic heterocycles. The van der Waals surface area contributed by atoms with E-state index in [-0.39, 0.29) is 0 Å². The van der Waals surface area contributed by atoms with Crippen molar-refractivity contribution in [1.29, 1.82) is 0 Å². The fourth-order valence-electron chi connectivity index (χ4n) is 2.90. The summed E-state index contributed by atoms with van der Waals surface area (Å²) in [6.07, 6.45) is 5.46. The summed E-state index contributed by atoms with van der Waals surface area (Å²) in [5, 5.41) is 5.81. The molecule has 2 heterocycles. The van der Waals surface area contributed by atoms with Gasteiger partial charge in [-0.15, -0.1) is 22.7 Å². The minimum atomic E-state index is 0.749. The number of aryl methyl sites for hydroxylation is 1. The van der Waals surface area contributed by atoms with Crippen LogP contribution in [0.25, 0.3) is 0 Å². The van der Waals surface area contributed by atoms with Crippen LogP contribution in [0.4, 0.5) is 0 Å². The van der Waals surface area contributed by atoms with E-state index in [2.05, 4.69) is 35.7 Å². The first-order chi connectivity index (χ1) is 9.72. The third-order valence-corrected chi connectivity index (χ3v) is 6.15. The van der Waals surface area contributed by atoms with Crippen LogP contribution in [-0.2, 0) is 13.1 Å². The molecule has 0 N–H and O–H groups in total. The van der Waals surface area contributed by atoms with Gasteiger partial charge >= 0.3 is 0 Å². The molecule has 0 aliphatic heterocycles. The Labute approximate surface area is 129 Å². The van der Waals surface area contributed by atoms with Crippen LogP contribution in [0.15, 0.2) is 16.8 Å². The van der Waals surface area contributed by atoms with Crippen molar-refractivity contribution in [2.24, 2.45) is 0 Å². The molecule has 0 amide bonds. The number of aromatic nitrogens is 1. The molecule has 1 fully saturated rings. The second kappa shape index (κ2) is 6.37. The summed E-state index contributed by atoms with van der Waals surface area (Å²) < 4.78 is 0. The first kappa shape index (κ1) is 14.2. The highest BCUT2D eigenvalue weighted by atomic mass is 32.1. The zero-order valence-corrected chi connectivity index (χ0v) is 13.9. The summed E-state index contributed by atoms with van der Waals surface area (Å²) in [7, 11) is 2.19. The average Bonchev–Trinajstić information content (AvgIpc) is 3.12. The maximum absolute atomic E-state index is 4.86. The maximum atomic E-state index is 4.86. The molecule has 2 aromatic rings. The summed E-state index contributed by atoms with van der Waals surface area (Å²) in [6.45, 7) is 4.18. The van der Waals surface area contributed by atoms with Gasteiger partial charge in [0.25, 0.3) is 0 Å². The Morgan fingerprint density at radius 2 is 2.05 bits per heavy atom. The van der Waals surface area contributed by atoms with Gasteiger partial charge in [-0.1, -0.05) is 12.8 Å². The monoisotopic (exact) mass is 306 g/mol. The molecule has 4 heteroatoms. The van der Waals surface area contributed by atoms with Crippen LogP contribution in [0.5, 0.6) is 0 Å². The molecule has 0 saturated heterocycles. The molecule has 0 spiro atoms. The molecule has 2 nitrogen and oxygen atoms in total. The quantitative estimate of drug-likeness (QED) is 0.788. The lowest BCUT2D eigenvalue weighted by molar-refractivity contribution is 0.317. The van der Waals surface area contributed by atoms with Crippen molar-refractivity contribution in [2.45, 2.75) is 51.6 Å². The Balaban J connectivity index is 1.58. The lowest BCUT2D eigenvalue weighted by atomic mass is 10.1. The second-order valence-electron chi connectivity index (χ2n) is 5.86. The predicted octanol–water partition coefficient (Wildman–Crippen LogP) is 4.80. The predicted molar refractivity (Wildman–Crippen MR) is 87.6 cm³/mol. The Kier molecular flexibility index (Phi) is 4.54. The van der Waals surface area contributed by atoms with Gasteiger partial charge in [-0.3, -0.25) is 4.90 Å². The van der Waals surface area contributed by atoms with E-state index in [1.54, 1.807) is 0 Å². The van der Waals surface area contributed by atoms with Crippen molar-refractivity contribution >= 4 is 22.7 Å². The van der Waals surface area contributed by atoms with E-state index in [4.69, 9.17) is 4.98 Å². The molecular weight excluding hydrogens is 284 g/mol. The van der Waals surface area contributed by atoms with Crippen LogP contribution >= 0.6 is 22.7 Å². The van der Waals surface area contributed by atoms with Gasteiger partial charge in [0.15, 0.2) is 0 Å². The second-order valence-corrected chi connectivity index (χ2v) is 7.75. The SMILES string of the molecule is Cc1ccsc1CN(C)Cc1csc(C2CCCC2)n1. The van der Waals surface area contributed by atoms with E-state index >= 15 is 0 Å². The molecule has 1 aliphatic carbocycles. The summed E-state index contributed by atoms with van der Waals surface area (Å²) in [5.74, 6) is 0.749. The minimum absolute atomic E-state index is 0.749. The molecule has 3 rings (SSSR count). The van der Waals surface area contributed by atoms with Gasteiger partial charge in [-0.05, 0) is 43.8 Å². The van der Waals surface area contributed by atoms with E-state index in [1.807, 2.05) is 22.7 Å². The standard InChI is InChI=1S/C16H22N2S2/c1-12-7-8-19-15(12)10-18(2)9-14-11-20-16(17-14)13-5-3-4-6-13/h7-8,11,13H,3-6,9-10H2,1-2H3. The highest BCUT2D eigenvalue weighted by molar-refractivity contribution is 7.10. The normalized spacial score (nSPS) is 16.4. The zero-order valence-electron chi connectivity index (χ0n) is 12.3. The number of thiophene rings is 1. The highest BCUT2D eigenvalue weighted by Crippen LogP contribution is 2.35. The number of nitrogens with zero attached hydrogens (tertiary/aromatic N) is 2. The molecule has 0 bridgehead atoms. The van der Waals surface area contributed by atoms with Gasteiger partial charge in [0.05, 0.1) is 10.7 Å². The van der Waals surface area contributed by atoms with Crippen molar-refractivity contribution in [2.75, 3.05) is 7.05 Å². The van der Waals surface area contributed by atoms with E-state index in [0.29, 0.717) is 0 Å². The molecule has 108 valence electrons. The van der Waals surface area contributed by atoms with Crippen molar-refractivity contribution in [1.82, 2.24) is 9.88 Å². The van der Waals surface area contributed by atoms with Gasteiger partial charge in [0.2, 0.25) is 0 Å². The Bertz CT molecular complexity index is 552. The first-order valence-corrected chi connectivity index (χ1v) is 9.14. The Morgan fingerprint density at radius 1 is 1.25 bits per heavy atom. The third kappa shape index (κ3) is 3.30. The number of thiazole rings is 1. The van der Waals surface area contributed by atoms with Crippen LogP contribution in [0.2, 0.25) is 0 Å². The fourth-order valence-corrected chi connectivity index (χ4v) is 4.87. The molecule has 0 radical (unpaired) electrons. The van der Waals surface area contributed by atoms with Crippen LogP contribution in [0, 0.1) is 6.92 Å². The van der Waals surface area contributed by atoms with Gasteiger partial charge in [0.1, 0.15) is 0 Å². The van der Waals surface area contributed by atoms with E-state index in [9.17, 15) is 0 Å². The molecule has 1 aliphatic rings. The molecule has 0 unspecified atom stereocenters. The number of hydrogen-bond donors (Lipinski definition) is 0. The maximum Gasteiger partial charge on any atom is 0.0959 e. The third-order valence-electron chi connectivity index (χ3n) is 4.09. The largest absolute Gasteiger partial charge is 0.295 e. The average molecular weight is 307 g/mol. The number of rotatable bonds is 5. The van der Waals surface area contributed by atoms with E-state index in [0.717, 1.165) is 19.0 Å². The summed E-state index contributed by atoms with van der Waals surface area (Å²) >= 11 is 3.72. The fraction of sp³-hybridized carbons (Fsp3) is 0.562. The minimum Gasteiger partial charge on any atom is -0.295 e. The zero-order chi connectivity index (χ0) is 13.9. The van der Waals surface area contributed by atoms with Crippen LogP contribution in [-0.4, -0.2) is 16.9 Å². The van der Waals surface area contributed by atoms with Crippen LogP contribution in [0.3, 0.4) is 0 Å². The van der Waals surface area contributed by atoms with Crippen molar-refractivity contribution in [3.05, 3.63) is 38.0 Å². The topological polar surface area (TPSA) is 16.1 Å². The van der Waals surface area contributed by atoms with Crippen LogP contribution < -0.4 is 0 Å². The van der Waals surface area contributed by atoms with E-state index in [1.165, 1.54) is 46.8 Å². The lowest BCUT2D eigenvalue weighted by Crippen LogP contribution is -2.17. The Hall–Kier alpha value is -0.710. The van der Waals surface area contributed by atoms with Gasteiger partial charge in [0, 0.05) is 29.3 Å². The first-order valence-electron chi connectivity index (χ1n) is 7.38. The lowest BCUT2D eigenvalue weighted by Gasteiger charge is -2.14. The van der Waals surface area contributed by atoms with Crippen molar-refractivity contribution in [3.8, 4) is 0 Å². The Morgan fingerprint density at radius 3 is 2.75 bits per heavy atom. The highest BCUT2D eigenvalue weighted by Gasteiger charge is 2.20. The molecular formula is C16H22N2S2. The number of hydrogen-bond acceptors (Lipinski definition) is 4. The van der Waals surface area contributed by atoms with Gasteiger partial charge in [-0.25, -0.2) is 4.98 Å². The molecule has 20 heavy (non-hydrogen) atoms. The smallest absolute Gasteiger partial charge is 0.0959 e. The molecule has 0 atom stereocenters. The summed E-state index contributed by atoms with van der Waals surface area (Å²) in [4.78, 5) is 8.70. The van der Waals surface area contributed by atoms with Gasteiger partial charge < -0.3 is 0 Å². The summed E-state index contributed by atoms with van der Waals surface area (Å²) in [5.41, 5.74) is 2.65. The van der Waals surface area contributed by atoms with Crippen molar-refractivity contribution < 1.29 is 0 Å².